The SMILES string of the molecule is O=C([O-])c1ccccc1NC(=O)C1CC=CCC1C(=O)[O-]. The van der Waals surface area contributed by atoms with Crippen LogP contribution in [-0.4, -0.2) is 17.8 Å². The number of rotatable bonds is 4. The van der Waals surface area contributed by atoms with Crippen LogP contribution in [-0.2, 0) is 9.59 Å². The Bertz CT molecular complexity index is 608. The van der Waals surface area contributed by atoms with Crippen LogP contribution >= 0.6 is 0 Å². The van der Waals surface area contributed by atoms with Gasteiger partial charge in [0.1, 0.15) is 0 Å². The maximum atomic E-state index is 12.2. The van der Waals surface area contributed by atoms with Crippen molar-refractivity contribution < 1.29 is 24.6 Å². The third kappa shape index (κ3) is 3.28. The lowest BCUT2D eigenvalue weighted by Gasteiger charge is -2.28. The van der Waals surface area contributed by atoms with Gasteiger partial charge in [0, 0.05) is 23.1 Å². The fraction of sp³-hybridized carbons (Fsp3) is 0.267. The number of aliphatic carboxylic acids is 1. The van der Waals surface area contributed by atoms with Crippen LogP contribution in [0.15, 0.2) is 36.4 Å². The van der Waals surface area contributed by atoms with Gasteiger partial charge in [0.05, 0.1) is 11.9 Å². The normalized spacial score (nSPS) is 20.8. The Kier molecular flexibility index (Phi) is 4.37. The summed E-state index contributed by atoms with van der Waals surface area (Å²) in [5.74, 6) is -4.93. The second-order valence-corrected chi connectivity index (χ2v) is 4.80. The molecule has 2 atom stereocenters. The smallest absolute Gasteiger partial charge is 0.228 e. The zero-order valence-electron chi connectivity index (χ0n) is 11.1. The van der Waals surface area contributed by atoms with Crippen molar-refractivity contribution in [3.63, 3.8) is 0 Å². The number of carbonyl (C=O) groups is 3. The van der Waals surface area contributed by atoms with Gasteiger partial charge >= 0.3 is 0 Å². The molecule has 1 aliphatic rings. The summed E-state index contributed by atoms with van der Waals surface area (Å²) in [6.45, 7) is 0. The molecule has 110 valence electrons. The minimum absolute atomic E-state index is 0.0918. The number of amides is 1. The van der Waals surface area contributed by atoms with E-state index >= 15 is 0 Å². The number of nitrogens with one attached hydrogen (secondary N) is 1. The lowest BCUT2D eigenvalue weighted by molar-refractivity contribution is -0.313. The monoisotopic (exact) mass is 287 g/mol. The first-order valence-corrected chi connectivity index (χ1v) is 6.47. The molecule has 6 nitrogen and oxygen atoms in total. The molecule has 0 bridgehead atoms. The number of anilines is 1. The van der Waals surface area contributed by atoms with Crippen molar-refractivity contribution in [2.75, 3.05) is 5.32 Å². The minimum Gasteiger partial charge on any atom is -0.550 e. The van der Waals surface area contributed by atoms with Crippen molar-refractivity contribution in [1.29, 1.82) is 0 Å². The van der Waals surface area contributed by atoms with Crippen molar-refractivity contribution in [3.8, 4) is 0 Å². The maximum absolute atomic E-state index is 12.2. The molecular formula is C15H13NO5-2. The van der Waals surface area contributed by atoms with E-state index in [1.54, 1.807) is 18.2 Å². The summed E-state index contributed by atoms with van der Waals surface area (Å²) < 4.78 is 0. The number of benzene rings is 1. The van der Waals surface area contributed by atoms with Crippen LogP contribution in [0.2, 0.25) is 0 Å². The predicted molar refractivity (Wildman–Crippen MR) is 69.8 cm³/mol. The fourth-order valence-corrected chi connectivity index (χ4v) is 2.36. The fourth-order valence-electron chi connectivity index (χ4n) is 2.36. The zero-order chi connectivity index (χ0) is 15.4. The topological polar surface area (TPSA) is 109 Å². The third-order valence-electron chi connectivity index (χ3n) is 3.48. The van der Waals surface area contributed by atoms with Crippen LogP contribution in [0.3, 0.4) is 0 Å². The van der Waals surface area contributed by atoms with E-state index in [-0.39, 0.29) is 24.1 Å². The number of hydrogen-bond donors (Lipinski definition) is 1. The average molecular weight is 287 g/mol. The molecule has 0 aliphatic heterocycles. The summed E-state index contributed by atoms with van der Waals surface area (Å²) >= 11 is 0. The van der Waals surface area contributed by atoms with Crippen LogP contribution in [0.1, 0.15) is 23.2 Å². The van der Waals surface area contributed by atoms with Gasteiger partial charge in [-0.1, -0.05) is 30.4 Å². The summed E-state index contributed by atoms with van der Waals surface area (Å²) in [5.41, 5.74) is -0.0589. The zero-order valence-corrected chi connectivity index (χ0v) is 11.1. The Morgan fingerprint density at radius 2 is 1.62 bits per heavy atom. The molecule has 21 heavy (non-hydrogen) atoms. The Balaban J connectivity index is 2.20. The summed E-state index contributed by atoms with van der Waals surface area (Å²) in [5, 5.41) is 24.5. The van der Waals surface area contributed by atoms with Gasteiger partial charge in [-0.05, 0) is 18.9 Å². The lowest BCUT2D eigenvalue weighted by Crippen LogP contribution is -2.41. The van der Waals surface area contributed by atoms with Crippen molar-refractivity contribution in [2.45, 2.75) is 12.8 Å². The Morgan fingerprint density at radius 1 is 1.00 bits per heavy atom. The number of carboxylic acids is 2. The summed E-state index contributed by atoms with van der Waals surface area (Å²) in [6.07, 6.45) is 3.92. The van der Waals surface area contributed by atoms with Crippen molar-refractivity contribution in [1.82, 2.24) is 0 Å². The molecule has 0 saturated heterocycles. The van der Waals surface area contributed by atoms with E-state index in [4.69, 9.17) is 0 Å². The van der Waals surface area contributed by atoms with E-state index in [0.717, 1.165) is 0 Å². The van der Waals surface area contributed by atoms with Crippen LogP contribution in [0.4, 0.5) is 5.69 Å². The highest BCUT2D eigenvalue weighted by Gasteiger charge is 2.30. The van der Waals surface area contributed by atoms with Crippen molar-refractivity contribution >= 4 is 23.5 Å². The molecule has 0 spiro atoms. The van der Waals surface area contributed by atoms with E-state index in [1.165, 1.54) is 18.2 Å². The van der Waals surface area contributed by atoms with Crippen LogP contribution in [0.5, 0.6) is 0 Å². The number of hydrogen-bond acceptors (Lipinski definition) is 5. The summed E-state index contributed by atoms with van der Waals surface area (Å²) in [6, 6.07) is 5.81. The Morgan fingerprint density at radius 3 is 2.24 bits per heavy atom. The Hall–Kier alpha value is -2.63. The first-order valence-electron chi connectivity index (χ1n) is 6.47. The standard InChI is InChI=1S/C15H15NO5/c17-13(9-5-1-2-6-10(9)14(18)19)16-12-8-4-3-7-11(12)15(20)21/h1-4,7-10H,5-6H2,(H,16,17)(H,18,19)(H,20,21)/p-2. The maximum Gasteiger partial charge on any atom is 0.228 e. The quantitative estimate of drug-likeness (QED) is 0.738. The number of carboxylic acid groups (broad SMARTS) is 2. The molecule has 1 aromatic rings. The third-order valence-corrected chi connectivity index (χ3v) is 3.48. The molecule has 1 amide bonds. The predicted octanol–water partition coefficient (Wildman–Crippen LogP) is -0.679. The molecule has 1 aliphatic carbocycles. The lowest BCUT2D eigenvalue weighted by atomic mass is 9.82. The molecule has 6 heteroatoms. The highest BCUT2D eigenvalue weighted by molar-refractivity contribution is 6.01. The van der Waals surface area contributed by atoms with Gasteiger partial charge in [0.15, 0.2) is 0 Å². The Labute approximate surface area is 121 Å². The van der Waals surface area contributed by atoms with Crippen LogP contribution in [0.25, 0.3) is 0 Å². The highest BCUT2D eigenvalue weighted by atomic mass is 16.4. The molecule has 2 unspecified atom stereocenters. The molecular weight excluding hydrogens is 274 g/mol. The molecule has 1 N–H and O–H groups in total. The van der Waals surface area contributed by atoms with Gasteiger partial charge in [0.25, 0.3) is 0 Å². The minimum atomic E-state index is -1.41. The number of aromatic carboxylic acids is 1. The first kappa shape index (κ1) is 14.8. The molecule has 2 rings (SSSR count). The molecule has 0 fully saturated rings. The highest BCUT2D eigenvalue weighted by Crippen LogP contribution is 2.27. The number of carbonyl (C=O) groups excluding carboxylic acids is 3. The van der Waals surface area contributed by atoms with E-state index in [9.17, 15) is 24.6 Å². The van der Waals surface area contributed by atoms with Crippen molar-refractivity contribution in [3.05, 3.63) is 42.0 Å². The largest absolute Gasteiger partial charge is 0.550 e. The van der Waals surface area contributed by atoms with E-state index in [1.807, 2.05) is 0 Å². The van der Waals surface area contributed by atoms with E-state index in [2.05, 4.69) is 5.32 Å². The molecule has 0 radical (unpaired) electrons. The second kappa shape index (κ2) is 6.21. The van der Waals surface area contributed by atoms with Crippen molar-refractivity contribution in [2.24, 2.45) is 11.8 Å². The molecule has 0 aromatic heterocycles. The van der Waals surface area contributed by atoms with Gasteiger partial charge in [-0.2, -0.15) is 0 Å². The van der Waals surface area contributed by atoms with E-state index in [0.29, 0.717) is 0 Å². The number of para-hydroxylation sites is 1. The van der Waals surface area contributed by atoms with Gasteiger partial charge in [0.2, 0.25) is 5.91 Å². The summed E-state index contributed by atoms with van der Waals surface area (Å²) in [4.78, 5) is 34.2. The summed E-state index contributed by atoms with van der Waals surface area (Å²) in [7, 11) is 0. The molecule has 0 saturated carbocycles. The first-order chi connectivity index (χ1) is 10.0. The van der Waals surface area contributed by atoms with Crippen LogP contribution < -0.4 is 15.5 Å². The molecule has 0 heterocycles. The average Bonchev–Trinajstić information content (AvgIpc) is 2.47. The van der Waals surface area contributed by atoms with E-state index < -0.39 is 29.7 Å². The molecule has 1 aromatic carbocycles. The van der Waals surface area contributed by atoms with Gasteiger partial charge < -0.3 is 25.1 Å². The van der Waals surface area contributed by atoms with Gasteiger partial charge in [-0.25, -0.2) is 0 Å². The number of allylic oxidation sites excluding steroid dienone is 2. The second-order valence-electron chi connectivity index (χ2n) is 4.80. The van der Waals surface area contributed by atoms with Crippen LogP contribution in [0, 0.1) is 11.8 Å². The van der Waals surface area contributed by atoms with Gasteiger partial charge in [-0.15, -0.1) is 0 Å². The van der Waals surface area contributed by atoms with Gasteiger partial charge in [-0.3, -0.25) is 4.79 Å².